The first-order valence-corrected chi connectivity index (χ1v) is 13.8. The lowest BCUT2D eigenvalue weighted by Crippen LogP contribution is -2.50. The van der Waals surface area contributed by atoms with Crippen molar-refractivity contribution in [1.29, 1.82) is 0 Å². The SMILES string of the molecule is CNC(=O)[C@H](C)N(Cc1ccc(Br)cc1)C(=O)CN(c1ccc(Oc2ccccc2)cc1)S(C)(=O)=O. The van der Waals surface area contributed by atoms with Gasteiger partial charge in [-0.1, -0.05) is 46.3 Å². The molecule has 3 aromatic rings. The van der Waals surface area contributed by atoms with Crippen molar-refractivity contribution in [3.05, 3.63) is 88.9 Å². The minimum Gasteiger partial charge on any atom is -0.457 e. The Balaban J connectivity index is 1.84. The Morgan fingerprint density at radius 1 is 0.944 bits per heavy atom. The third-order valence-electron chi connectivity index (χ3n) is 5.46. The number of carbonyl (C=O) groups is 2. The molecule has 0 aromatic heterocycles. The van der Waals surface area contributed by atoms with Crippen molar-refractivity contribution in [1.82, 2.24) is 10.2 Å². The summed E-state index contributed by atoms with van der Waals surface area (Å²) >= 11 is 3.38. The number of sulfonamides is 1. The molecule has 0 aliphatic rings. The number of nitrogens with one attached hydrogen (secondary N) is 1. The smallest absolute Gasteiger partial charge is 0.244 e. The first-order valence-electron chi connectivity index (χ1n) is 11.1. The van der Waals surface area contributed by atoms with Crippen LogP contribution in [0.3, 0.4) is 0 Å². The van der Waals surface area contributed by atoms with Crippen molar-refractivity contribution in [3.63, 3.8) is 0 Å². The average Bonchev–Trinajstić information content (AvgIpc) is 2.86. The van der Waals surface area contributed by atoms with E-state index in [1.165, 1.54) is 11.9 Å². The molecule has 0 unspecified atom stereocenters. The number of nitrogens with zero attached hydrogens (tertiary/aromatic N) is 2. The molecule has 190 valence electrons. The van der Waals surface area contributed by atoms with E-state index in [9.17, 15) is 18.0 Å². The molecule has 0 bridgehead atoms. The highest BCUT2D eigenvalue weighted by Crippen LogP contribution is 2.26. The van der Waals surface area contributed by atoms with Crippen molar-refractivity contribution < 1.29 is 22.7 Å². The van der Waals surface area contributed by atoms with Crippen molar-refractivity contribution in [2.45, 2.75) is 19.5 Å². The molecule has 36 heavy (non-hydrogen) atoms. The molecule has 2 amide bonds. The number of likely N-dealkylation sites (N-methyl/N-ethyl adjacent to an activating group) is 1. The maximum atomic E-state index is 13.4. The Hall–Kier alpha value is -3.37. The van der Waals surface area contributed by atoms with Crippen LogP contribution >= 0.6 is 15.9 Å². The van der Waals surface area contributed by atoms with E-state index in [2.05, 4.69) is 21.2 Å². The fourth-order valence-corrected chi connectivity index (χ4v) is 4.61. The van der Waals surface area contributed by atoms with Crippen molar-refractivity contribution in [2.24, 2.45) is 0 Å². The summed E-state index contributed by atoms with van der Waals surface area (Å²) in [6.07, 6.45) is 1.04. The predicted molar refractivity (Wildman–Crippen MR) is 143 cm³/mol. The Bertz CT molecular complexity index is 1280. The molecule has 10 heteroatoms. The van der Waals surface area contributed by atoms with Gasteiger partial charge in [-0.3, -0.25) is 13.9 Å². The molecular formula is C26H28BrN3O5S. The highest BCUT2D eigenvalue weighted by Gasteiger charge is 2.29. The first-order chi connectivity index (χ1) is 17.1. The van der Waals surface area contributed by atoms with Gasteiger partial charge in [0, 0.05) is 18.1 Å². The zero-order valence-corrected chi connectivity index (χ0v) is 22.6. The van der Waals surface area contributed by atoms with Crippen LogP contribution in [-0.2, 0) is 26.2 Å². The van der Waals surface area contributed by atoms with Gasteiger partial charge in [0.05, 0.1) is 11.9 Å². The van der Waals surface area contributed by atoms with Gasteiger partial charge in [0.15, 0.2) is 0 Å². The summed E-state index contributed by atoms with van der Waals surface area (Å²) in [6.45, 7) is 1.29. The third kappa shape index (κ3) is 7.32. The number of rotatable bonds is 10. The molecule has 3 rings (SSSR count). The standard InChI is InChI=1S/C26H28BrN3O5S/c1-19(26(32)28-2)29(17-20-9-11-21(27)12-10-20)25(31)18-30(36(3,33)34)22-13-15-24(16-14-22)35-23-7-5-4-6-8-23/h4-16,19H,17-18H2,1-3H3,(H,28,32)/t19-/m0/s1. The van der Waals surface area contributed by atoms with Gasteiger partial charge >= 0.3 is 0 Å². The molecule has 0 fully saturated rings. The van der Waals surface area contributed by atoms with Crippen LogP contribution in [0.2, 0.25) is 0 Å². The summed E-state index contributed by atoms with van der Waals surface area (Å²) in [7, 11) is -2.32. The second kappa shape index (κ2) is 12.0. The first kappa shape index (κ1) is 27.2. The quantitative estimate of drug-likeness (QED) is 0.392. The van der Waals surface area contributed by atoms with Gasteiger partial charge < -0.3 is 15.0 Å². The molecule has 1 atom stereocenters. The van der Waals surface area contributed by atoms with Crippen LogP contribution in [0.1, 0.15) is 12.5 Å². The maximum Gasteiger partial charge on any atom is 0.244 e. The van der Waals surface area contributed by atoms with Gasteiger partial charge in [-0.05, 0) is 61.0 Å². The Labute approximate surface area is 220 Å². The lowest BCUT2D eigenvalue weighted by atomic mass is 10.1. The lowest BCUT2D eigenvalue weighted by molar-refractivity contribution is -0.139. The van der Waals surface area contributed by atoms with Crippen molar-refractivity contribution in [2.75, 3.05) is 24.2 Å². The minimum absolute atomic E-state index is 0.141. The van der Waals surface area contributed by atoms with Crippen LogP contribution in [0.5, 0.6) is 11.5 Å². The number of para-hydroxylation sites is 1. The number of amides is 2. The molecule has 8 nitrogen and oxygen atoms in total. The van der Waals surface area contributed by atoms with Crippen LogP contribution < -0.4 is 14.4 Å². The molecule has 0 saturated heterocycles. The zero-order chi connectivity index (χ0) is 26.3. The molecule has 0 saturated carbocycles. The largest absolute Gasteiger partial charge is 0.457 e. The molecule has 0 heterocycles. The molecule has 0 aliphatic carbocycles. The van der Waals surface area contributed by atoms with Crippen LogP contribution in [0.25, 0.3) is 0 Å². The van der Waals surface area contributed by atoms with E-state index in [1.54, 1.807) is 31.2 Å². The number of halogens is 1. The number of hydrogen-bond acceptors (Lipinski definition) is 5. The number of carbonyl (C=O) groups excluding carboxylic acids is 2. The van der Waals surface area contributed by atoms with Gasteiger partial charge in [0.2, 0.25) is 21.8 Å². The van der Waals surface area contributed by atoms with Crippen LogP contribution in [0, 0.1) is 0 Å². The highest BCUT2D eigenvalue weighted by molar-refractivity contribution is 9.10. The van der Waals surface area contributed by atoms with E-state index in [1.807, 2.05) is 54.6 Å². The van der Waals surface area contributed by atoms with E-state index >= 15 is 0 Å². The van der Waals surface area contributed by atoms with E-state index in [-0.39, 0.29) is 12.5 Å². The molecule has 1 N–H and O–H groups in total. The summed E-state index contributed by atoms with van der Waals surface area (Å²) in [4.78, 5) is 27.2. The highest BCUT2D eigenvalue weighted by atomic mass is 79.9. The predicted octanol–water partition coefficient (Wildman–Crippen LogP) is 4.17. The van der Waals surface area contributed by atoms with E-state index in [4.69, 9.17) is 4.74 Å². The number of benzene rings is 3. The number of ether oxygens (including phenoxy) is 1. The summed E-state index contributed by atoms with van der Waals surface area (Å²) in [6, 6.07) is 22.1. The Kier molecular flexibility index (Phi) is 9.11. The summed E-state index contributed by atoms with van der Waals surface area (Å²) < 4.78 is 33.0. The van der Waals surface area contributed by atoms with Gasteiger partial charge in [-0.25, -0.2) is 8.42 Å². The normalized spacial score (nSPS) is 11.9. The fourth-order valence-electron chi connectivity index (χ4n) is 3.50. The summed E-state index contributed by atoms with van der Waals surface area (Å²) in [5.74, 6) is 0.305. The van der Waals surface area contributed by atoms with Crippen LogP contribution in [0.4, 0.5) is 5.69 Å². The fraction of sp³-hybridized carbons (Fsp3) is 0.231. The van der Waals surface area contributed by atoms with Gasteiger partial charge in [0.25, 0.3) is 0 Å². The molecule has 0 radical (unpaired) electrons. The Morgan fingerprint density at radius 2 is 1.53 bits per heavy atom. The minimum atomic E-state index is -3.81. The zero-order valence-electron chi connectivity index (χ0n) is 20.2. The molecule has 0 spiro atoms. The monoisotopic (exact) mass is 573 g/mol. The summed E-state index contributed by atoms with van der Waals surface area (Å²) in [5.41, 5.74) is 1.11. The Morgan fingerprint density at radius 3 is 2.08 bits per heavy atom. The van der Waals surface area contributed by atoms with E-state index in [0.717, 1.165) is 20.6 Å². The van der Waals surface area contributed by atoms with Crippen LogP contribution in [0.15, 0.2) is 83.3 Å². The van der Waals surface area contributed by atoms with Crippen molar-refractivity contribution >= 4 is 43.5 Å². The van der Waals surface area contributed by atoms with Gasteiger partial charge in [-0.2, -0.15) is 0 Å². The van der Waals surface area contributed by atoms with Crippen LogP contribution in [-0.4, -0.2) is 51.0 Å². The molecular weight excluding hydrogens is 546 g/mol. The van der Waals surface area contributed by atoms with Gasteiger partial charge in [0.1, 0.15) is 24.1 Å². The van der Waals surface area contributed by atoms with Gasteiger partial charge in [-0.15, -0.1) is 0 Å². The van der Waals surface area contributed by atoms with E-state index < -0.39 is 28.5 Å². The molecule has 0 aliphatic heterocycles. The lowest BCUT2D eigenvalue weighted by Gasteiger charge is -2.31. The second-order valence-electron chi connectivity index (χ2n) is 8.12. The average molecular weight is 574 g/mol. The maximum absolute atomic E-state index is 13.4. The summed E-state index contributed by atoms with van der Waals surface area (Å²) in [5, 5.41) is 2.55. The third-order valence-corrected chi connectivity index (χ3v) is 7.13. The number of hydrogen-bond donors (Lipinski definition) is 1. The van der Waals surface area contributed by atoms with E-state index in [0.29, 0.717) is 17.2 Å². The van der Waals surface area contributed by atoms with Crippen molar-refractivity contribution in [3.8, 4) is 11.5 Å². The molecule has 3 aromatic carbocycles. The second-order valence-corrected chi connectivity index (χ2v) is 10.9. The topological polar surface area (TPSA) is 96.0 Å². The number of anilines is 1.